The van der Waals surface area contributed by atoms with Crippen LogP contribution in [0.1, 0.15) is 26.3 Å². The molecule has 0 radical (unpaired) electrons. The van der Waals surface area contributed by atoms with E-state index in [1.807, 2.05) is 12.1 Å². The zero-order valence-corrected chi connectivity index (χ0v) is 14.5. The number of halogens is 1. The lowest BCUT2D eigenvalue weighted by molar-refractivity contribution is 0.0588. The van der Waals surface area contributed by atoms with Crippen molar-refractivity contribution in [1.29, 1.82) is 0 Å². The van der Waals surface area contributed by atoms with E-state index in [-0.39, 0.29) is 5.54 Å². The molecule has 0 spiro atoms. The van der Waals surface area contributed by atoms with Crippen molar-refractivity contribution in [2.75, 3.05) is 33.3 Å². The molecule has 4 heteroatoms. The topological polar surface area (TPSA) is 15.7 Å². The average Bonchev–Trinajstić information content (AvgIpc) is 2.38. The molecule has 0 amide bonds. The van der Waals surface area contributed by atoms with Gasteiger partial charge in [-0.2, -0.15) is 0 Å². The molecule has 1 heterocycles. The van der Waals surface area contributed by atoms with E-state index in [1.165, 1.54) is 5.56 Å². The molecule has 1 aliphatic rings. The standard InChI is InChI=1S/C16H25BrN2O/c1-16(2,3)19-9-7-18(8-10-19)12-13-11-14(17)5-6-15(13)20-4/h5-6,11H,7-10,12H2,1-4H3. The minimum Gasteiger partial charge on any atom is -0.496 e. The van der Waals surface area contributed by atoms with Crippen molar-refractivity contribution in [3.63, 3.8) is 0 Å². The van der Waals surface area contributed by atoms with Crippen molar-refractivity contribution in [3.05, 3.63) is 28.2 Å². The van der Waals surface area contributed by atoms with Gasteiger partial charge in [0, 0.05) is 48.3 Å². The molecule has 1 aliphatic heterocycles. The van der Waals surface area contributed by atoms with E-state index in [9.17, 15) is 0 Å². The predicted molar refractivity (Wildman–Crippen MR) is 87.3 cm³/mol. The van der Waals surface area contributed by atoms with Crippen LogP contribution in [0.2, 0.25) is 0 Å². The van der Waals surface area contributed by atoms with Gasteiger partial charge in [0.15, 0.2) is 0 Å². The second-order valence-corrected chi connectivity index (χ2v) is 7.31. The highest BCUT2D eigenvalue weighted by Gasteiger charge is 2.26. The summed E-state index contributed by atoms with van der Waals surface area (Å²) in [7, 11) is 1.74. The third kappa shape index (κ3) is 3.96. The Morgan fingerprint density at radius 3 is 2.35 bits per heavy atom. The number of hydrogen-bond donors (Lipinski definition) is 0. The number of rotatable bonds is 3. The van der Waals surface area contributed by atoms with E-state index in [0.717, 1.165) is 42.9 Å². The van der Waals surface area contributed by atoms with Gasteiger partial charge in [-0.1, -0.05) is 15.9 Å². The van der Waals surface area contributed by atoms with Gasteiger partial charge in [-0.05, 0) is 39.0 Å². The molecular weight excluding hydrogens is 316 g/mol. The van der Waals surface area contributed by atoms with Crippen LogP contribution in [0.5, 0.6) is 5.75 Å². The number of piperazine rings is 1. The van der Waals surface area contributed by atoms with Gasteiger partial charge in [-0.25, -0.2) is 0 Å². The molecule has 0 aliphatic carbocycles. The number of ether oxygens (including phenoxy) is 1. The van der Waals surface area contributed by atoms with Crippen LogP contribution in [0.25, 0.3) is 0 Å². The van der Waals surface area contributed by atoms with Crippen LogP contribution in [0, 0.1) is 0 Å². The lowest BCUT2D eigenvalue weighted by atomic mass is 10.0. The maximum atomic E-state index is 5.46. The zero-order chi connectivity index (χ0) is 14.8. The molecule has 0 unspecified atom stereocenters. The van der Waals surface area contributed by atoms with E-state index in [4.69, 9.17) is 4.74 Å². The van der Waals surface area contributed by atoms with Crippen LogP contribution in [0.3, 0.4) is 0 Å². The van der Waals surface area contributed by atoms with Crippen molar-refractivity contribution in [2.24, 2.45) is 0 Å². The maximum Gasteiger partial charge on any atom is 0.123 e. The summed E-state index contributed by atoms with van der Waals surface area (Å²) in [4.78, 5) is 5.06. The van der Waals surface area contributed by atoms with Crippen molar-refractivity contribution < 1.29 is 4.74 Å². The van der Waals surface area contributed by atoms with Crippen LogP contribution in [0.15, 0.2) is 22.7 Å². The summed E-state index contributed by atoms with van der Waals surface area (Å²) in [5.74, 6) is 0.978. The Hall–Kier alpha value is -0.580. The smallest absolute Gasteiger partial charge is 0.123 e. The molecule has 0 atom stereocenters. The number of benzene rings is 1. The molecule has 20 heavy (non-hydrogen) atoms. The predicted octanol–water partition coefficient (Wildman–Crippen LogP) is 3.37. The Bertz CT molecular complexity index is 448. The summed E-state index contributed by atoms with van der Waals surface area (Å²) < 4.78 is 6.57. The maximum absolute atomic E-state index is 5.46. The monoisotopic (exact) mass is 340 g/mol. The highest BCUT2D eigenvalue weighted by atomic mass is 79.9. The Morgan fingerprint density at radius 1 is 1.15 bits per heavy atom. The van der Waals surface area contributed by atoms with E-state index in [0.29, 0.717) is 0 Å². The molecule has 1 aromatic carbocycles. The Morgan fingerprint density at radius 2 is 1.80 bits per heavy atom. The van der Waals surface area contributed by atoms with Gasteiger partial charge in [-0.15, -0.1) is 0 Å². The zero-order valence-electron chi connectivity index (χ0n) is 12.9. The first kappa shape index (κ1) is 15.8. The first-order valence-electron chi connectivity index (χ1n) is 7.20. The molecule has 1 aromatic rings. The highest BCUT2D eigenvalue weighted by molar-refractivity contribution is 9.10. The van der Waals surface area contributed by atoms with Gasteiger partial charge in [0.25, 0.3) is 0 Å². The van der Waals surface area contributed by atoms with Crippen molar-refractivity contribution >= 4 is 15.9 Å². The van der Waals surface area contributed by atoms with Gasteiger partial charge >= 0.3 is 0 Å². The highest BCUT2D eigenvalue weighted by Crippen LogP contribution is 2.25. The molecule has 0 aromatic heterocycles. The van der Waals surface area contributed by atoms with Crippen molar-refractivity contribution in [1.82, 2.24) is 9.80 Å². The normalized spacial score (nSPS) is 18.2. The third-order valence-electron chi connectivity index (χ3n) is 3.96. The Balaban J connectivity index is 1.97. The van der Waals surface area contributed by atoms with Crippen LogP contribution in [-0.4, -0.2) is 48.6 Å². The summed E-state index contributed by atoms with van der Waals surface area (Å²) in [6.45, 7) is 12.3. The van der Waals surface area contributed by atoms with E-state index >= 15 is 0 Å². The Kier molecular flexibility index (Phi) is 5.10. The summed E-state index contributed by atoms with van der Waals surface area (Å²) in [6.07, 6.45) is 0. The van der Waals surface area contributed by atoms with Crippen molar-refractivity contribution in [2.45, 2.75) is 32.9 Å². The summed E-state index contributed by atoms with van der Waals surface area (Å²) >= 11 is 3.54. The largest absolute Gasteiger partial charge is 0.496 e. The summed E-state index contributed by atoms with van der Waals surface area (Å²) in [6, 6.07) is 6.22. The summed E-state index contributed by atoms with van der Waals surface area (Å²) in [5, 5.41) is 0. The third-order valence-corrected chi connectivity index (χ3v) is 4.45. The molecule has 0 saturated carbocycles. The molecular formula is C16H25BrN2O. The molecule has 0 bridgehead atoms. The fourth-order valence-corrected chi connectivity index (χ4v) is 3.10. The quantitative estimate of drug-likeness (QED) is 0.838. The fraction of sp³-hybridized carbons (Fsp3) is 0.625. The van der Waals surface area contributed by atoms with Crippen LogP contribution >= 0.6 is 15.9 Å². The minimum absolute atomic E-state index is 0.277. The van der Waals surface area contributed by atoms with Crippen LogP contribution in [-0.2, 0) is 6.54 Å². The number of hydrogen-bond acceptors (Lipinski definition) is 3. The molecule has 1 saturated heterocycles. The molecule has 112 valence electrons. The first-order chi connectivity index (χ1) is 9.40. The first-order valence-corrected chi connectivity index (χ1v) is 7.99. The minimum atomic E-state index is 0.277. The van der Waals surface area contributed by atoms with Gasteiger partial charge in [0.1, 0.15) is 5.75 Å². The molecule has 1 fully saturated rings. The van der Waals surface area contributed by atoms with E-state index in [2.05, 4.69) is 52.6 Å². The number of methoxy groups -OCH3 is 1. The Labute approximate surface area is 131 Å². The number of nitrogens with zero attached hydrogens (tertiary/aromatic N) is 2. The second-order valence-electron chi connectivity index (χ2n) is 6.39. The molecule has 3 nitrogen and oxygen atoms in total. The lowest BCUT2D eigenvalue weighted by Crippen LogP contribution is -2.53. The van der Waals surface area contributed by atoms with Gasteiger partial charge in [-0.3, -0.25) is 9.80 Å². The average molecular weight is 341 g/mol. The van der Waals surface area contributed by atoms with Crippen LogP contribution < -0.4 is 4.74 Å². The second kappa shape index (κ2) is 6.46. The lowest BCUT2D eigenvalue weighted by Gasteiger charge is -2.42. The van der Waals surface area contributed by atoms with Gasteiger partial charge in [0.05, 0.1) is 7.11 Å². The van der Waals surface area contributed by atoms with Crippen LogP contribution in [0.4, 0.5) is 0 Å². The molecule has 2 rings (SSSR count). The van der Waals surface area contributed by atoms with Gasteiger partial charge < -0.3 is 4.74 Å². The summed E-state index contributed by atoms with van der Waals surface area (Å²) in [5.41, 5.74) is 1.53. The SMILES string of the molecule is COc1ccc(Br)cc1CN1CCN(C(C)(C)C)CC1. The fourth-order valence-electron chi connectivity index (χ4n) is 2.69. The van der Waals surface area contributed by atoms with E-state index in [1.54, 1.807) is 7.11 Å². The van der Waals surface area contributed by atoms with Crippen molar-refractivity contribution in [3.8, 4) is 5.75 Å². The van der Waals surface area contributed by atoms with Gasteiger partial charge in [0.2, 0.25) is 0 Å². The van der Waals surface area contributed by atoms with E-state index < -0.39 is 0 Å². The molecule has 0 N–H and O–H groups in total.